The van der Waals surface area contributed by atoms with Crippen molar-refractivity contribution in [3.05, 3.63) is 60.3 Å². The first-order chi connectivity index (χ1) is 15.3. The highest BCUT2D eigenvalue weighted by Gasteiger charge is 2.30. The number of fused-ring (bicyclic) bond motifs is 1. The van der Waals surface area contributed by atoms with Gasteiger partial charge in [-0.25, -0.2) is 16.8 Å². The van der Waals surface area contributed by atoms with Gasteiger partial charge in [-0.2, -0.15) is 4.31 Å². The maximum atomic E-state index is 13.1. The SMILES string of the molecule is CCS(=O)(=O)CCOc1ccc(S(=O)(=O)N2CCC(c3c[nH]c4ccccc34)CC2)cc1. The second kappa shape index (κ2) is 9.25. The van der Waals surface area contributed by atoms with Crippen molar-refractivity contribution in [2.75, 3.05) is 31.2 Å². The Morgan fingerprint density at radius 1 is 1.00 bits per heavy atom. The van der Waals surface area contributed by atoms with E-state index in [-0.39, 0.29) is 23.0 Å². The molecule has 1 aliphatic heterocycles. The van der Waals surface area contributed by atoms with Crippen LogP contribution in [-0.2, 0) is 19.9 Å². The van der Waals surface area contributed by atoms with Gasteiger partial charge in [-0.1, -0.05) is 25.1 Å². The first kappa shape index (κ1) is 22.8. The summed E-state index contributed by atoms with van der Waals surface area (Å²) in [5.74, 6) is 0.792. The first-order valence-corrected chi connectivity index (χ1v) is 14.1. The number of piperidine rings is 1. The fourth-order valence-corrected chi connectivity index (χ4v) is 6.22. The molecule has 1 fully saturated rings. The van der Waals surface area contributed by atoms with E-state index in [1.807, 2.05) is 18.3 Å². The van der Waals surface area contributed by atoms with E-state index in [4.69, 9.17) is 4.74 Å². The molecule has 0 unspecified atom stereocenters. The van der Waals surface area contributed by atoms with Crippen molar-refractivity contribution in [2.24, 2.45) is 0 Å². The lowest BCUT2D eigenvalue weighted by Gasteiger charge is -2.31. The van der Waals surface area contributed by atoms with Gasteiger partial charge in [0.05, 0.1) is 10.6 Å². The Hall–Kier alpha value is -2.36. The minimum absolute atomic E-state index is 0.0453. The van der Waals surface area contributed by atoms with E-state index in [0.717, 1.165) is 18.4 Å². The molecule has 0 amide bonds. The maximum Gasteiger partial charge on any atom is 0.243 e. The topological polar surface area (TPSA) is 96.5 Å². The van der Waals surface area contributed by atoms with Gasteiger partial charge in [0.2, 0.25) is 10.0 Å². The summed E-state index contributed by atoms with van der Waals surface area (Å²) < 4.78 is 56.3. The number of nitrogens with one attached hydrogen (secondary N) is 1. The van der Waals surface area contributed by atoms with Crippen LogP contribution in [0.1, 0.15) is 31.2 Å². The van der Waals surface area contributed by atoms with Crippen molar-refractivity contribution >= 4 is 30.8 Å². The van der Waals surface area contributed by atoms with E-state index in [1.165, 1.54) is 23.1 Å². The average molecular weight is 477 g/mol. The molecule has 1 saturated heterocycles. The van der Waals surface area contributed by atoms with Crippen LogP contribution >= 0.6 is 0 Å². The number of hydrogen-bond acceptors (Lipinski definition) is 5. The number of ether oxygens (including phenoxy) is 1. The van der Waals surface area contributed by atoms with E-state index in [9.17, 15) is 16.8 Å². The van der Waals surface area contributed by atoms with Crippen molar-refractivity contribution in [2.45, 2.75) is 30.6 Å². The normalized spacial score (nSPS) is 16.4. The lowest BCUT2D eigenvalue weighted by molar-refractivity contribution is 0.320. The van der Waals surface area contributed by atoms with Gasteiger partial charge in [-0.15, -0.1) is 0 Å². The van der Waals surface area contributed by atoms with Crippen LogP contribution in [0.3, 0.4) is 0 Å². The summed E-state index contributed by atoms with van der Waals surface area (Å²) in [6.07, 6.45) is 3.59. The van der Waals surface area contributed by atoms with Gasteiger partial charge in [-0.3, -0.25) is 0 Å². The van der Waals surface area contributed by atoms with E-state index in [0.29, 0.717) is 24.8 Å². The number of benzene rings is 2. The van der Waals surface area contributed by atoms with Gasteiger partial charge in [0.1, 0.15) is 12.4 Å². The van der Waals surface area contributed by atoms with Gasteiger partial charge in [-0.05, 0) is 54.7 Å². The molecule has 2 heterocycles. The number of aromatic nitrogens is 1. The average Bonchev–Trinajstić information content (AvgIpc) is 3.24. The summed E-state index contributed by atoms with van der Waals surface area (Å²) in [6, 6.07) is 14.4. The molecule has 3 aromatic rings. The molecular weight excluding hydrogens is 448 g/mol. The van der Waals surface area contributed by atoms with Gasteiger partial charge >= 0.3 is 0 Å². The molecular formula is C23H28N2O5S2. The molecule has 4 rings (SSSR count). The van der Waals surface area contributed by atoms with Crippen molar-refractivity contribution in [3.63, 3.8) is 0 Å². The zero-order chi connectivity index (χ0) is 22.8. The van der Waals surface area contributed by atoms with Gasteiger partial charge in [0.25, 0.3) is 0 Å². The second-order valence-electron chi connectivity index (χ2n) is 8.02. The Morgan fingerprint density at radius 3 is 2.38 bits per heavy atom. The molecule has 7 nitrogen and oxygen atoms in total. The molecule has 0 bridgehead atoms. The van der Waals surface area contributed by atoms with Crippen LogP contribution in [-0.4, -0.2) is 57.3 Å². The van der Waals surface area contributed by atoms with Crippen LogP contribution < -0.4 is 4.74 Å². The fraction of sp³-hybridized carbons (Fsp3) is 0.391. The number of sulfonamides is 1. The quantitative estimate of drug-likeness (QED) is 0.536. The predicted molar refractivity (Wildman–Crippen MR) is 125 cm³/mol. The molecule has 0 spiro atoms. The lowest BCUT2D eigenvalue weighted by Crippen LogP contribution is -2.37. The third-order valence-electron chi connectivity index (χ3n) is 6.08. The fourth-order valence-electron chi connectivity index (χ4n) is 4.13. The Balaban J connectivity index is 1.38. The molecule has 9 heteroatoms. The summed E-state index contributed by atoms with van der Waals surface area (Å²) in [6.45, 7) is 2.58. The summed E-state index contributed by atoms with van der Waals surface area (Å²) in [4.78, 5) is 3.53. The summed E-state index contributed by atoms with van der Waals surface area (Å²) in [5, 5.41) is 1.20. The summed E-state index contributed by atoms with van der Waals surface area (Å²) in [7, 11) is -6.69. The van der Waals surface area contributed by atoms with E-state index >= 15 is 0 Å². The standard InChI is InChI=1S/C23H28N2O5S2/c1-2-31(26,27)16-15-30-19-7-9-20(10-8-19)32(28,29)25-13-11-18(12-14-25)22-17-24-23-6-4-3-5-21(22)23/h3-10,17-18,24H,2,11-16H2,1H3. The minimum Gasteiger partial charge on any atom is -0.493 e. The van der Waals surface area contributed by atoms with Crippen LogP contribution in [0.2, 0.25) is 0 Å². The Morgan fingerprint density at radius 2 is 1.69 bits per heavy atom. The van der Waals surface area contributed by atoms with E-state index in [2.05, 4.69) is 17.1 Å². The van der Waals surface area contributed by atoms with E-state index < -0.39 is 19.9 Å². The highest BCUT2D eigenvalue weighted by atomic mass is 32.2. The van der Waals surface area contributed by atoms with Crippen LogP contribution in [0.15, 0.2) is 59.6 Å². The minimum atomic E-state index is -3.59. The zero-order valence-corrected chi connectivity index (χ0v) is 19.7. The van der Waals surface area contributed by atoms with Gasteiger partial charge < -0.3 is 9.72 Å². The molecule has 172 valence electrons. The highest BCUT2D eigenvalue weighted by Crippen LogP contribution is 2.34. The number of nitrogens with zero attached hydrogens (tertiary/aromatic N) is 1. The van der Waals surface area contributed by atoms with Crippen molar-refractivity contribution < 1.29 is 21.6 Å². The lowest BCUT2D eigenvalue weighted by atomic mass is 9.90. The number of rotatable bonds is 8. The van der Waals surface area contributed by atoms with Crippen LogP contribution in [0, 0.1) is 0 Å². The van der Waals surface area contributed by atoms with Crippen LogP contribution in [0.5, 0.6) is 5.75 Å². The van der Waals surface area contributed by atoms with Crippen LogP contribution in [0.25, 0.3) is 10.9 Å². The molecule has 1 N–H and O–H groups in total. The Kier molecular flexibility index (Phi) is 6.60. The number of H-pyrrole nitrogens is 1. The van der Waals surface area contributed by atoms with Crippen molar-refractivity contribution in [1.82, 2.24) is 9.29 Å². The third-order valence-corrected chi connectivity index (χ3v) is 9.66. The molecule has 0 radical (unpaired) electrons. The first-order valence-electron chi connectivity index (χ1n) is 10.8. The van der Waals surface area contributed by atoms with Crippen molar-refractivity contribution in [3.8, 4) is 5.75 Å². The van der Waals surface area contributed by atoms with Crippen molar-refractivity contribution in [1.29, 1.82) is 0 Å². The highest BCUT2D eigenvalue weighted by molar-refractivity contribution is 7.91. The number of sulfone groups is 1. The monoisotopic (exact) mass is 476 g/mol. The summed E-state index contributed by atoms with van der Waals surface area (Å²) in [5.41, 5.74) is 2.36. The Bertz CT molecular complexity index is 1270. The number of para-hydroxylation sites is 1. The number of aromatic amines is 1. The van der Waals surface area contributed by atoms with E-state index in [1.54, 1.807) is 23.4 Å². The smallest absolute Gasteiger partial charge is 0.243 e. The van der Waals surface area contributed by atoms with Crippen LogP contribution in [0.4, 0.5) is 0 Å². The largest absolute Gasteiger partial charge is 0.493 e. The Labute approximate surface area is 189 Å². The summed E-state index contributed by atoms with van der Waals surface area (Å²) >= 11 is 0. The zero-order valence-electron chi connectivity index (χ0n) is 18.0. The van der Waals surface area contributed by atoms with Gasteiger partial charge in [0, 0.05) is 35.9 Å². The predicted octanol–water partition coefficient (Wildman–Crippen LogP) is 3.55. The molecule has 0 aliphatic carbocycles. The van der Waals surface area contributed by atoms with Gasteiger partial charge in [0.15, 0.2) is 9.84 Å². The number of hydrogen-bond donors (Lipinski definition) is 1. The molecule has 1 aromatic heterocycles. The molecule has 2 aromatic carbocycles. The molecule has 1 aliphatic rings. The molecule has 32 heavy (non-hydrogen) atoms. The molecule has 0 saturated carbocycles. The second-order valence-corrected chi connectivity index (χ2v) is 12.4. The maximum absolute atomic E-state index is 13.1. The molecule has 0 atom stereocenters. The third kappa shape index (κ3) is 4.84.